The van der Waals surface area contributed by atoms with Crippen LogP contribution in [0.3, 0.4) is 0 Å². The molecule has 0 aliphatic carbocycles. The highest BCUT2D eigenvalue weighted by Crippen LogP contribution is 2.33. The van der Waals surface area contributed by atoms with Gasteiger partial charge in [0, 0.05) is 23.1 Å². The summed E-state index contributed by atoms with van der Waals surface area (Å²) in [4.78, 5) is 32.9. The van der Waals surface area contributed by atoms with Crippen LogP contribution in [0.4, 0.5) is 8.78 Å². The third kappa shape index (κ3) is 6.14. The van der Waals surface area contributed by atoms with E-state index < -0.39 is 17.7 Å². The molecular formula is C29H25ClF2N6O3S. The van der Waals surface area contributed by atoms with Crippen LogP contribution >= 0.6 is 22.9 Å². The fraction of sp³-hybridized carbons (Fsp3) is 0.241. The highest BCUT2D eigenvalue weighted by Gasteiger charge is 2.22. The number of halogens is 3. The zero-order valence-electron chi connectivity index (χ0n) is 22.8. The van der Waals surface area contributed by atoms with E-state index in [4.69, 9.17) is 16.3 Å². The number of hydrogen-bond donors (Lipinski definition) is 1. The van der Waals surface area contributed by atoms with E-state index in [2.05, 4.69) is 25.6 Å². The zero-order valence-corrected chi connectivity index (χ0v) is 24.4. The number of benzene rings is 2. The maximum absolute atomic E-state index is 14.5. The second-order valence-corrected chi connectivity index (χ2v) is 11.1. The van der Waals surface area contributed by atoms with Crippen molar-refractivity contribution in [1.29, 1.82) is 0 Å². The minimum absolute atomic E-state index is 0.0441. The monoisotopic (exact) mass is 610 g/mol. The Morgan fingerprint density at radius 2 is 2.00 bits per heavy atom. The lowest BCUT2D eigenvalue weighted by Gasteiger charge is -2.20. The number of pyridine rings is 1. The van der Waals surface area contributed by atoms with Crippen molar-refractivity contribution >= 4 is 39.7 Å². The molecule has 13 heteroatoms. The number of hydrogen-bond acceptors (Lipinski definition) is 8. The molecule has 0 aliphatic heterocycles. The van der Waals surface area contributed by atoms with Crippen molar-refractivity contribution in [3.8, 4) is 11.4 Å². The van der Waals surface area contributed by atoms with Crippen LogP contribution < -0.4 is 10.1 Å². The predicted octanol–water partition coefficient (Wildman–Crippen LogP) is 6.80. The zero-order chi connectivity index (χ0) is 30.0. The van der Waals surface area contributed by atoms with Gasteiger partial charge in [-0.15, -0.1) is 11.3 Å². The molecule has 2 aromatic carbocycles. The first-order valence-electron chi connectivity index (χ1n) is 12.9. The molecular weight excluding hydrogens is 586 g/mol. The first-order valence-corrected chi connectivity index (χ1v) is 14.1. The lowest BCUT2D eigenvalue weighted by molar-refractivity contribution is 0.0942. The first-order chi connectivity index (χ1) is 20.1. The molecule has 5 rings (SSSR count). The largest absolute Gasteiger partial charge is 0.487 e. The van der Waals surface area contributed by atoms with Crippen LogP contribution in [-0.2, 0) is 13.0 Å². The molecule has 3 aromatic heterocycles. The van der Waals surface area contributed by atoms with Crippen molar-refractivity contribution in [3.63, 3.8) is 0 Å². The van der Waals surface area contributed by atoms with E-state index in [-0.39, 0.29) is 24.1 Å². The van der Waals surface area contributed by atoms with E-state index in [0.717, 1.165) is 6.20 Å². The summed E-state index contributed by atoms with van der Waals surface area (Å²) in [6.07, 6.45) is 2.75. The van der Waals surface area contributed by atoms with Gasteiger partial charge in [0.2, 0.25) is 0 Å². The summed E-state index contributed by atoms with van der Waals surface area (Å²) in [7, 11) is 0. The number of nitrogens with one attached hydrogen (secondary N) is 1. The Morgan fingerprint density at radius 1 is 1.19 bits per heavy atom. The average molecular weight is 611 g/mol. The average Bonchev–Trinajstić information content (AvgIpc) is 3.55. The highest BCUT2D eigenvalue weighted by molar-refractivity contribution is 7.13. The smallest absolute Gasteiger partial charge is 0.263 e. The van der Waals surface area contributed by atoms with Gasteiger partial charge >= 0.3 is 0 Å². The van der Waals surface area contributed by atoms with Crippen molar-refractivity contribution in [2.24, 2.45) is 5.18 Å². The van der Waals surface area contributed by atoms with Crippen molar-refractivity contribution < 1.29 is 18.3 Å². The van der Waals surface area contributed by atoms with E-state index >= 15 is 0 Å². The van der Waals surface area contributed by atoms with Gasteiger partial charge in [-0.3, -0.25) is 4.79 Å². The summed E-state index contributed by atoms with van der Waals surface area (Å²) in [6.45, 7) is 5.27. The Hall–Kier alpha value is -4.29. The van der Waals surface area contributed by atoms with Gasteiger partial charge in [-0.25, -0.2) is 23.4 Å². The Balaban J connectivity index is 1.42. The van der Waals surface area contributed by atoms with Gasteiger partial charge < -0.3 is 10.1 Å². The molecule has 1 atom stereocenters. The number of rotatable bonds is 10. The third-order valence-corrected chi connectivity index (χ3v) is 8.10. The highest BCUT2D eigenvalue weighted by atomic mass is 35.5. The number of thiazole rings is 1. The molecule has 5 aromatic rings. The molecule has 9 nitrogen and oxygen atoms in total. The van der Waals surface area contributed by atoms with Crippen LogP contribution in [0.25, 0.3) is 16.6 Å². The van der Waals surface area contributed by atoms with Crippen LogP contribution in [-0.4, -0.2) is 32.2 Å². The number of aromatic nitrogens is 4. The third-order valence-electron chi connectivity index (χ3n) is 6.55. The van der Waals surface area contributed by atoms with Crippen LogP contribution in [0, 0.1) is 30.4 Å². The van der Waals surface area contributed by atoms with Gasteiger partial charge in [0.25, 0.3) is 5.91 Å². The molecule has 0 fully saturated rings. The van der Waals surface area contributed by atoms with E-state index in [1.807, 2.05) is 13.0 Å². The first kappa shape index (κ1) is 29.2. The number of aryl methyl sites for hydroxylation is 2. The maximum Gasteiger partial charge on any atom is 0.263 e. The predicted molar refractivity (Wildman–Crippen MR) is 156 cm³/mol. The normalized spacial score (nSPS) is 12.0. The summed E-state index contributed by atoms with van der Waals surface area (Å²) in [6, 6.07) is 9.02. The van der Waals surface area contributed by atoms with Gasteiger partial charge in [-0.05, 0) is 50.6 Å². The molecule has 0 saturated carbocycles. The van der Waals surface area contributed by atoms with Gasteiger partial charge in [-0.1, -0.05) is 28.9 Å². The molecule has 1 amide bonds. The number of fused-ring (bicyclic) bond motifs is 1. The summed E-state index contributed by atoms with van der Waals surface area (Å²) in [5.74, 6) is -0.973. The molecule has 0 saturated heterocycles. The summed E-state index contributed by atoms with van der Waals surface area (Å²) in [5, 5.41) is 11.3. The van der Waals surface area contributed by atoms with Crippen LogP contribution in [0.5, 0.6) is 5.75 Å². The van der Waals surface area contributed by atoms with Gasteiger partial charge in [-0.2, -0.15) is 10.0 Å². The van der Waals surface area contributed by atoms with E-state index in [0.29, 0.717) is 61.2 Å². The van der Waals surface area contributed by atoms with Gasteiger partial charge in [0.1, 0.15) is 28.6 Å². The molecule has 0 aliphatic rings. The number of carbonyl (C=O) groups excluding carboxylic acids is 1. The fourth-order valence-electron chi connectivity index (χ4n) is 4.63. The van der Waals surface area contributed by atoms with Crippen LogP contribution in [0.2, 0.25) is 5.02 Å². The number of carbonyl (C=O) groups is 1. The minimum Gasteiger partial charge on any atom is -0.487 e. The number of ether oxygens (including phenoxy) is 1. The van der Waals surface area contributed by atoms with Crippen molar-refractivity contribution in [2.75, 3.05) is 6.54 Å². The Labute approximate surface area is 248 Å². The topological polar surface area (TPSA) is 111 Å². The van der Waals surface area contributed by atoms with Crippen molar-refractivity contribution in [2.45, 2.75) is 39.8 Å². The maximum atomic E-state index is 14.5. The van der Waals surface area contributed by atoms with E-state index in [9.17, 15) is 18.5 Å². The van der Waals surface area contributed by atoms with Gasteiger partial charge in [0.05, 0.1) is 46.4 Å². The molecule has 0 bridgehead atoms. The molecule has 1 N–H and O–H groups in total. The molecule has 42 heavy (non-hydrogen) atoms. The summed E-state index contributed by atoms with van der Waals surface area (Å²) < 4.78 is 35.8. The van der Waals surface area contributed by atoms with E-state index in [1.54, 1.807) is 32.0 Å². The molecule has 0 radical (unpaired) electrons. The Kier molecular flexibility index (Phi) is 8.55. The molecule has 3 heterocycles. The number of nitrogens with zero attached hydrogens (tertiary/aromatic N) is 5. The quantitative estimate of drug-likeness (QED) is 0.174. The van der Waals surface area contributed by atoms with Crippen molar-refractivity contribution in [1.82, 2.24) is 25.1 Å². The fourth-order valence-corrected chi connectivity index (χ4v) is 5.85. The number of amides is 1. The lowest BCUT2D eigenvalue weighted by atomic mass is 10.0. The number of para-hydroxylation sites is 1. The minimum atomic E-state index is -0.639. The SMILES string of the molecule is Cc1cc(-n2cc(F)cn2)c2cccc(OCc3c(Cl)cc(F)cc3[C@H](C)NC(=O)c3sc(CCN=O)nc3C)c2n1. The second-order valence-electron chi connectivity index (χ2n) is 9.60. The molecule has 216 valence electrons. The summed E-state index contributed by atoms with van der Waals surface area (Å²) in [5.41, 5.74) is 3.30. The van der Waals surface area contributed by atoms with Crippen LogP contribution in [0.15, 0.2) is 54.0 Å². The summed E-state index contributed by atoms with van der Waals surface area (Å²) >= 11 is 7.67. The molecule has 0 unspecified atom stereocenters. The second kappa shape index (κ2) is 12.3. The standard InChI is InChI=1S/C29H25ClF2N6O3S/c1-15-9-24(38-13-19(32)12-33-38)20-5-4-6-25(27(20)35-15)41-14-22-21(10-18(31)11-23(22)30)16(2)37-29(39)28-17(3)36-26(42-28)7-8-34-40/h4-6,9-13,16H,7-8,14H2,1-3H3,(H,37,39)/t16-/m0/s1. The lowest BCUT2D eigenvalue weighted by Crippen LogP contribution is -2.27. The van der Waals surface area contributed by atoms with Gasteiger partial charge in [0.15, 0.2) is 5.82 Å². The molecule has 0 spiro atoms. The van der Waals surface area contributed by atoms with E-state index in [1.165, 1.54) is 34.3 Å². The number of nitroso groups, excluding NO2 is 1. The Bertz CT molecular complexity index is 1810. The Morgan fingerprint density at radius 3 is 2.74 bits per heavy atom. The van der Waals surface area contributed by atoms with Crippen molar-refractivity contribution in [3.05, 3.63) is 103 Å². The van der Waals surface area contributed by atoms with Crippen LogP contribution in [0.1, 0.15) is 50.2 Å².